The van der Waals surface area contributed by atoms with E-state index in [0.717, 1.165) is 76.9 Å². The van der Waals surface area contributed by atoms with E-state index >= 15 is 0 Å². The smallest absolute Gasteiger partial charge is 0.309 e. The molecule has 1 aliphatic heterocycles. The van der Waals surface area contributed by atoms with Crippen LogP contribution in [0.25, 0.3) is 0 Å². The van der Waals surface area contributed by atoms with Gasteiger partial charge in [-0.15, -0.1) is 0 Å². The van der Waals surface area contributed by atoms with Gasteiger partial charge in [0.15, 0.2) is 0 Å². The summed E-state index contributed by atoms with van der Waals surface area (Å²) in [5.74, 6) is 1.40. The Morgan fingerprint density at radius 3 is 2.14 bits per heavy atom. The zero-order chi connectivity index (χ0) is 42.9. The Morgan fingerprint density at radius 1 is 0.831 bits per heavy atom. The van der Waals surface area contributed by atoms with Crippen molar-refractivity contribution in [2.75, 3.05) is 31.5 Å². The summed E-state index contributed by atoms with van der Waals surface area (Å²) < 4.78 is 6.21. The highest BCUT2D eigenvalue weighted by Gasteiger charge is 2.71. The van der Waals surface area contributed by atoms with E-state index in [1.54, 1.807) is 13.8 Å². The number of allylic oxidation sites excluding steroid dienone is 1. The molecule has 1 aromatic rings. The van der Waals surface area contributed by atoms with Gasteiger partial charge in [0.1, 0.15) is 6.10 Å². The van der Waals surface area contributed by atoms with Gasteiger partial charge in [-0.05, 0) is 154 Å². The largest absolute Gasteiger partial charge is 0.481 e. The molecule has 1 saturated heterocycles. The number of benzene rings is 1. The van der Waals surface area contributed by atoms with Crippen LogP contribution in [0.2, 0.25) is 0 Å². The predicted molar refractivity (Wildman–Crippen MR) is 232 cm³/mol. The third-order valence-electron chi connectivity index (χ3n) is 18.5. The number of amides is 2. The summed E-state index contributed by atoms with van der Waals surface area (Å²) >= 11 is 0. The number of hydrogen-bond donors (Lipinski definition) is 2. The quantitative estimate of drug-likeness (QED) is 0.179. The maximum atomic E-state index is 14.4. The van der Waals surface area contributed by atoms with E-state index in [9.17, 15) is 24.3 Å². The molecule has 9 heteroatoms. The van der Waals surface area contributed by atoms with Crippen LogP contribution in [0.5, 0.6) is 0 Å². The topological polar surface area (TPSA) is 116 Å². The lowest BCUT2D eigenvalue weighted by molar-refractivity contribution is -0.250. The van der Waals surface area contributed by atoms with Crippen LogP contribution in [0, 0.1) is 62.1 Å². The maximum Gasteiger partial charge on any atom is 0.309 e. The van der Waals surface area contributed by atoms with Crippen LogP contribution in [0.3, 0.4) is 0 Å². The molecule has 0 radical (unpaired) electrons. The van der Waals surface area contributed by atoms with Crippen LogP contribution < -0.4 is 5.32 Å². The van der Waals surface area contributed by atoms with E-state index in [0.29, 0.717) is 41.9 Å². The minimum Gasteiger partial charge on any atom is -0.481 e. The first-order chi connectivity index (χ1) is 27.6. The first-order valence-corrected chi connectivity index (χ1v) is 23.0. The number of piperazine rings is 1. The van der Waals surface area contributed by atoms with Crippen molar-refractivity contribution in [1.29, 1.82) is 0 Å². The molecule has 1 heterocycles. The summed E-state index contributed by atoms with van der Waals surface area (Å²) in [5, 5.41) is 12.5. The fraction of sp³-hybridized carbons (Fsp3) is 0.760. The molecule has 5 aliphatic carbocycles. The van der Waals surface area contributed by atoms with E-state index in [4.69, 9.17) is 4.74 Å². The number of nitrogens with zero attached hydrogens (tertiary/aromatic N) is 2. The third-order valence-corrected chi connectivity index (χ3v) is 18.5. The average molecular weight is 814 g/mol. The number of hydrogen-bond acceptors (Lipinski definition) is 6. The van der Waals surface area contributed by atoms with Crippen molar-refractivity contribution in [2.45, 2.75) is 152 Å². The lowest BCUT2D eigenvalue weighted by Gasteiger charge is -2.73. The SMILES string of the molecule is C=C(C)[C@@H]1CC[C@]2(CC(=O)N3CCN(Cc4ccc(NC(C)=O)cc4)CC3)CC[C@]3(C)[C@H](CC[C@@H]4[C@@]5(C)CC[C@H](OC(=O)CC(C)(C)C(=O)O)C(C)(C)[C@@H]5CC[C@]43C)[C@@H]12. The van der Waals surface area contributed by atoms with Crippen LogP contribution in [0.15, 0.2) is 36.4 Å². The Hall–Kier alpha value is -3.20. The summed E-state index contributed by atoms with van der Waals surface area (Å²) in [5.41, 5.74) is 2.46. The van der Waals surface area contributed by atoms with Crippen molar-refractivity contribution < 1.29 is 29.0 Å². The lowest BCUT2D eigenvalue weighted by Crippen LogP contribution is -2.67. The molecule has 6 aliphatic rings. The molecule has 0 aromatic heterocycles. The second-order valence-electron chi connectivity index (χ2n) is 22.5. The number of fused-ring (bicyclic) bond motifs is 7. The second kappa shape index (κ2) is 15.6. The summed E-state index contributed by atoms with van der Waals surface area (Å²) in [6.45, 7) is 28.2. The highest BCUT2D eigenvalue weighted by Crippen LogP contribution is 2.78. The molecule has 59 heavy (non-hydrogen) atoms. The molecule has 326 valence electrons. The molecule has 2 N–H and O–H groups in total. The highest BCUT2D eigenvalue weighted by atomic mass is 16.5. The van der Waals surface area contributed by atoms with E-state index in [1.807, 2.05) is 12.1 Å². The summed E-state index contributed by atoms with van der Waals surface area (Å²) in [6, 6.07) is 8.08. The molecule has 7 rings (SSSR count). The molecule has 6 fully saturated rings. The highest BCUT2D eigenvalue weighted by molar-refractivity contribution is 5.88. The molecule has 5 saturated carbocycles. The van der Waals surface area contributed by atoms with E-state index < -0.39 is 17.4 Å². The van der Waals surface area contributed by atoms with Crippen molar-refractivity contribution in [3.63, 3.8) is 0 Å². The van der Waals surface area contributed by atoms with Gasteiger partial charge in [0.05, 0.1) is 11.8 Å². The van der Waals surface area contributed by atoms with Gasteiger partial charge < -0.3 is 20.1 Å². The molecular formula is C50H75N3O6. The van der Waals surface area contributed by atoms with Gasteiger partial charge in [-0.3, -0.25) is 24.1 Å². The fourth-order valence-corrected chi connectivity index (χ4v) is 15.1. The number of anilines is 1. The van der Waals surface area contributed by atoms with Gasteiger partial charge in [-0.25, -0.2) is 0 Å². The van der Waals surface area contributed by atoms with Gasteiger partial charge in [0.25, 0.3) is 0 Å². The number of nitrogens with one attached hydrogen (secondary N) is 1. The standard InChI is InChI=1S/C50H75N3O6/c1-32(2)36-17-22-50(29-41(55)53-27-25-52(26-28-53)31-34-11-13-35(14-12-34)51-33(3)54)24-23-48(9)37(43(36)50)15-16-39-47(8)20-19-40(59-42(56)30-45(4,5)44(57)58)46(6,7)38(47)18-21-49(39,48)10/h11-14,36-40,43H,1,15-31H2,2-10H3,(H,51,54)(H,57,58)/t36-,37+,38-,39+,40-,43+,47-,48+,49+,50+/m0/s1. The Morgan fingerprint density at radius 2 is 1.51 bits per heavy atom. The number of carbonyl (C=O) groups is 4. The number of esters is 1. The second-order valence-corrected chi connectivity index (χ2v) is 22.5. The van der Waals surface area contributed by atoms with Crippen molar-refractivity contribution in [2.24, 2.45) is 62.1 Å². The van der Waals surface area contributed by atoms with Crippen LogP contribution in [0.1, 0.15) is 145 Å². The molecule has 1 aromatic carbocycles. The van der Waals surface area contributed by atoms with Gasteiger partial charge in [-0.1, -0.05) is 58.9 Å². The van der Waals surface area contributed by atoms with Gasteiger partial charge in [0.2, 0.25) is 11.8 Å². The van der Waals surface area contributed by atoms with E-state index in [-0.39, 0.29) is 45.5 Å². The summed E-state index contributed by atoms with van der Waals surface area (Å²) in [6.07, 6.45) is 11.4. The number of ether oxygens (including phenoxy) is 1. The zero-order valence-corrected chi connectivity index (χ0v) is 37.9. The minimum absolute atomic E-state index is 0.0289. The first kappa shape index (κ1) is 43.9. The van der Waals surface area contributed by atoms with Crippen LogP contribution >= 0.6 is 0 Å². The van der Waals surface area contributed by atoms with Gasteiger partial charge >= 0.3 is 11.9 Å². The Balaban J connectivity index is 1.04. The monoisotopic (exact) mass is 814 g/mol. The first-order valence-electron chi connectivity index (χ1n) is 23.0. The van der Waals surface area contributed by atoms with Gasteiger partial charge in [0, 0.05) is 57.2 Å². The normalized spacial score (nSPS) is 37.9. The van der Waals surface area contributed by atoms with Crippen LogP contribution in [-0.2, 0) is 30.5 Å². The van der Waals surface area contributed by atoms with Crippen molar-refractivity contribution >= 4 is 29.4 Å². The maximum absolute atomic E-state index is 14.4. The summed E-state index contributed by atoms with van der Waals surface area (Å²) in [4.78, 5) is 55.4. The number of aliphatic carboxylic acids is 1. The van der Waals surface area contributed by atoms with E-state index in [2.05, 4.69) is 75.4 Å². The predicted octanol–water partition coefficient (Wildman–Crippen LogP) is 9.75. The Bertz CT molecular complexity index is 1810. The molecule has 10 atom stereocenters. The number of carboxylic acid groups (broad SMARTS) is 1. The summed E-state index contributed by atoms with van der Waals surface area (Å²) in [7, 11) is 0. The fourth-order valence-electron chi connectivity index (χ4n) is 15.1. The van der Waals surface area contributed by atoms with Crippen molar-refractivity contribution in [1.82, 2.24) is 9.80 Å². The Kier molecular flexibility index (Phi) is 11.6. The van der Waals surface area contributed by atoms with E-state index in [1.165, 1.54) is 43.7 Å². The third kappa shape index (κ3) is 7.60. The van der Waals surface area contributed by atoms with Crippen LogP contribution in [-0.4, -0.2) is 70.9 Å². The molecule has 2 amide bonds. The average Bonchev–Trinajstić information content (AvgIpc) is 3.53. The van der Waals surface area contributed by atoms with Crippen molar-refractivity contribution in [3.05, 3.63) is 42.0 Å². The number of carbonyl (C=O) groups excluding carboxylic acids is 3. The van der Waals surface area contributed by atoms with Crippen molar-refractivity contribution in [3.8, 4) is 0 Å². The lowest BCUT2D eigenvalue weighted by atomic mass is 9.32. The Labute approximate surface area is 354 Å². The number of carboxylic acids is 1. The zero-order valence-electron chi connectivity index (χ0n) is 37.9. The van der Waals surface area contributed by atoms with Crippen LogP contribution in [0.4, 0.5) is 5.69 Å². The molecule has 0 spiro atoms. The molecule has 0 unspecified atom stereocenters. The molecule has 0 bridgehead atoms. The number of rotatable bonds is 10. The molecular weight excluding hydrogens is 739 g/mol. The molecule has 9 nitrogen and oxygen atoms in total. The minimum atomic E-state index is -1.15. The van der Waals surface area contributed by atoms with Gasteiger partial charge in [-0.2, -0.15) is 0 Å².